The molecule has 1 aromatic rings. The van der Waals surface area contributed by atoms with E-state index in [1.54, 1.807) is 25.8 Å². The number of unbranched alkanes of at least 4 members (excludes halogenated alkanes) is 3. The molecule has 1 rings (SSSR count). The molecule has 0 saturated carbocycles. The van der Waals surface area contributed by atoms with E-state index in [0.717, 1.165) is 5.75 Å². The number of hydrogen-bond donors (Lipinski definition) is 1. The normalized spacial score (nSPS) is 11.2. The maximum atomic E-state index is 4.59. The summed E-state index contributed by atoms with van der Waals surface area (Å²) in [4.78, 5) is 0. The summed E-state index contributed by atoms with van der Waals surface area (Å²) in [5.41, 5.74) is 6.68. The maximum absolute atomic E-state index is 4.59. The predicted molar refractivity (Wildman–Crippen MR) is 105 cm³/mol. The fourth-order valence-corrected chi connectivity index (χ4v) is 6.80. The van der Waals surface area contributed by atoms with Crippen molar-refractivity contribution in [1.82, 2.24) is 0 Å². The van der Waals surface area contributed by atoms with Gasteiger partial charge in [-0.1, -0.05) is 0 Å². The van der Waals surface area contributed by atoms with Crippen LogP contribution in [0.25, 0.3) is 0 Å². The van der Waals surface area contributed by atoms with Gasteiger partial charge >= 0.3 is 151 Å². The Bertz CT molecular complexity index is 426. The molecule has 0 aromatic heterocycles. The second-order valence-electron chi connectivity index (χ2n) is 6.25. The van der Waals surface area contributed by atoms with Crippen molar-refractivity contribution in [3.05, 3.63) is 28.3 Å². The Morgan fingerprint density at radius 2 is 1.33 bits per heavy atom. The summed E-state index contributed by atoms with van der Waals surface area (Å²) in [6.45, 7) is 6.92. The van der Waals surface area contributed by atoms with Crippen LogP contribution < -0.4 is 3.58 Å². The summed E-state index contributed by atoms with van der Waals surface area (Å²) < 4.78 is 1.73. The first-order valence-electron chi connectivity index (χ1n) is 8.93. The molecule has 0 aliphatic rings. The first-order valence-corrected chi connectivity index (χ1v) is 12.4. The fourth-order valence-electron chi connectivity index (χ4n) is 3.13. The molecule has 21 heavy (non-hydrogen) atoms. The molecule has 1 aromatic carbocycles. The zero-order valence-corrected chi connectivity index (χ0v) is 21.2. The van der Waals surface area contributed by atoms with Gasteiger partial charge in [0.15, 0.2) is 0 Å². The summed E-state index contributed by atoms with van der Waals surface area (Å²) in [5.74, 6) is 0.926. The van der Waals surface area contributed by atoms with Crippen LogP contribution in [0, 0.1) is 0 Å². The Balaban J connectivity index is 3.23. The van der Waals surface area contributed by atoms with Crippen LogP contribution in [0.2, 0.25) is 0 Å². The molecule has 0 fully saturated rings. The quantitative estimate of drug-likeness (QED) is 0.433. The van der Waals surface area contributed by atoms with E-state index in [4.69, 9.17) is 0 Å². The van der Waals surface area contributed by atoms with Crippen molar-refractivity contribution in [2.24, 2.45) is 0 Å². The minimum absolute atomic E-state index is 0.576. The molecule has 0 bridgehead atoms. The van der Waals surface area contributed by atoms with Crippen LogP contribution in [-0.4, -0.2) is 22.5 Å². The van der Waals surface area contributed by atoms with Gasteiger partial charge in [-0.2, -0.15) is 0 Å². The zero-order chi connectivity index (χ0) is 15.7. The van der Waals surface area contributed by atoms with E-state index >= 15 is 0 Å². The average Bonchev–Trinajstić information content (AvgIpc) is 2.50. The summed E-state index contributed by atoms with van der Waals surface area (Å²) in [6.07, 6.45) is 11.8. The number of hydrogen-bond acceptors (Lipinski definition) is 1. The van der Waals surface area contributed by atoms with Crippen molar-refractivity contribution in [2.45, 2.75) is 84.3 Å². The van der Waals surface area contributed by atoms with Gasteiger partial charge in [0.1, 0.15) is 0 Å². The van der Waals surface area contributed by atoms with Gasteiger partial charge < -0.3 is 0 Å². The summed E-state index contributed by atoms with van der Waals surface area (Å²) in [7, 11) is 0. The van der Waals surface area contributed by atoms with Crippen LogP contribution in [0.5, 0.6) is 0 Å². The monoisotopic (exact) mass is 414 g/mol. The molecule has 0 radical (unpaired) electrons. The van der Waals surface area contributed by atoms with Gasteiger partial charge in [0.05, 0.1) is 0 Å². The van der Waals surface area contributed by atoms with Crippen LogP contribution in [0.15, 0.2) is 6.07 Å². The third-order valence-corrected chi connectivity index (χ3v) is 8.46. The Morgan fingerprint density at radius 1 is 0.810 bits per heavy atom. The van der Waals surface area contributed by atoms with Crippen molar-refractivity contribution >= 4 is 38.7 Å². The summed E-state index contributed by atoms with van der Waals surface area (Å²) in [6, 6.07) is 2.51. The van der Waals surface area contributed by atoms with Crippen molar-refractivity contribution in [3.8, 4) is 0 Å². The average molecular weight is 413 g/mol. The van der Waals surface area contributed by atoms with Crippen LogP contribution >= 0.6 is 12.6 Å². The Labute approximate surface area is 151 Å². The molecule has 0 saturated heterocycles. The van der Waals surface area contributed by atoms with Crippen LogP contribution in [-0.2, 0) is 25.0 Å². The third kappa shape index (κ3) is 5.82. The van der Waals surface area contributed by atoms with Crippen LogP contribution in [0.1, 0.15) is 81.5 Å². The number of benzene rings is 1. The number of aryl methyl sites for hydroxylation is 1. The van der Waals surface area contributed by atoms with E-state index in [2.05, 4.69) is 39.5 Å². The molecule has 0 unspecified atom stereocenters. The van der Waals surface area contributed by atoms with Gasteiger partial charge in [0.2, 0.25) is 0 Å². The van der Waals surface area contributed by atoms with Gasteiger partial charge in [0.25, 0.3) is 0 Å². The topological polar surface area (TPSA) is 0 Å². The third-order valence-electron chi connectivity index (χ3n) is 4.57. The Morgan fingerprint density at radius 3 is 1.86 bits per heavy atom. The molecule has 0 heterocycles. The molecule has 120 valence electrons. The Hall–Kier alpha value is 0.369. The predicted octanol–water partition coefficient (Wildman–Crippen LogP) is 4.13. The second-order valence-corrected chi connectivity index (χ2v) is 9.42. The van der Waals surface area contributed by atoms with Gasteiger partial charge in [-0.3, -0.25) is 0 Å². The number of thiol groups is 1. The fraction of sp³-hybridized carbons (Fsp3) is 0.684. The zero-order valence-electron chi connectivity index (χ0n) is 14.6. The molecule has 0 nitrogen and oxygen atoms in total. The molecular weight excluding hydrogens is 379 g/mol. The van der Waals surface area contributed by atoms with Gasteiger partial charge in [-0.05, 0) is 0 Å². The van der Waals surface area contributed by atoms with Gasteiger partial charge in [-0.25, -0.2) is 0 Å². The van der Waals surface area contributed by atoms with E-state index in [-0.39, 0.29) is 0 Å². The first kappa shape index (κ1) is 19.4. The molecule has 0 N–H and O–H groups in total. The molecule has 0 aliphatic carbocycles. The summed E-state index contributed by atoms with van der Waals surface area (Å²) in [5, 5.41) is 0. The van der Waals surface area contributed by atoms with Gasteiger partial charge in [-0.15, -0.1) is 0 Å². The van der Waals surface area contributed by atoms with Crippen molar-refractivity contribution < 1.29 is 0 Å². The molecule has 0 aliphatic heterocycles. The van der Waals surface area contributed by atoms with Crippen molar-refractivity contribution in [2.75, 3.05) is 0 Å². The second kappa shape index (κ2) is 11.0. The standard InChI is InChI=1S/C19H31S.Sn.3H/c1-4-7-10-17-13-16(15-20)14-18(11-8-5-2)19(17)12-9-6-3;;;;/h13,20H,4-12,15H2,1-3H3;;;;. The van der Waals surface area contributed by atoms with Crippen molar-refractivity contribution in [1.29, 1.82) is 0 Å². The molecule has 0 atom stereocenters. The SMILES string of the molecule is CCCCc1cc(CS)[c]([SnH3])c(CCCC)c1CCCC. The minimum atomic E-state index is 0.576. The molecule has 0 spiro atoms. The van der Waals surface area contributed by atoms with Gasteiger partial charge in [0, 0.05) is 0 Å². The van der Waals surface area contributed by atoms with E-state index in [1.165, 1.54) is 57.8 Å². The molecule has 2 heteroatoms. The number of rotatable bonds is 10. The van der Waals surface area contributed by atoms with Crippen LogP contribution in [0.3, 0.4) is 0 Å². The van der Waals surface area contributed by atoms with E-state index in [0.29, 0.717) is 22.5 Å². The van der Waals surface area contributed by atoms with E-state index in [9.17, 15) is 0 Å². The first-order chi connectivity index (χ1) is 10.2. The van der Waals surface area contributed by atoms with Crippen LogP contribution in [0.4, 0.5) is 0 Å². The molecule has 0 amide bonds. The van der Waals surface area contributed by atoms with E-state index < -0.39 is 0 Å². The Kier molecular flexibility index (Phi) is 10.2. The van der Waals surface area contributed by atoms with E-state index in [1.807, 2.05) is 0 Å². The molecular formula is C19H34SSn. The van der Waals surface area contributed by atoms with Crippen molar-refractivity contribution in [3.63, 3.8) is 0 Å². The summed E-state index contributed by atoms with van der Waals surface area (Å²) >= 11 is 5.17.